The van der Waals surface area contributed by atoms with Gasteiger partial charge >= 0.3 is 0 Å². The quantitative estimate of drug-likeness (QED) is 0.771. The van der Waals surface area contributed by atoms with Crippen LogP contribution < -0.4 is 0 Å². The number of aromatic nitrogens is 3. The van der Waals surface area contributed by atoms with E-state index in [0.29, 0.717) is 5.92 Å². The fraction of sp³-hybridized carbons (Fsp3) is 0.385. The summed E-state index contributed by atoms with van der Waals surface area (Å²) < 4.78 is 1.97. The number of hydrogen-bond donors (Lipinski definition) is 0. The van der Waals surface area contributed by atoms with Crippen LogP contribution in [-0.2, 0) is 0 Å². The molecule has 3 heteroatoms. The molecule has 0 bridgehead atoms. The maximum absolute atomic E-state index is 4.51. The molecule has 2 aromatic heterocycles. The minimum Gasteiger partial charge on any atom is -0.290 e. The van der Waals surface area contributed by atoms with Crippen molar-refractivity contribution < 1.29 is 0 Å². The third kappa shape index (κ3) is 1.98. The molecule has 0 aliphatic heterocycles. The van der Waals surface area contributed by atoms with E-state index in [9.17, 15) is 0 Å². The molecule has 0 unspecified atom stereocenters. The average molecular weight is 215 g/mol. The molecule has 84 valence electrons. The van der Waals surface area contributed by atoms with E-state index in [1.165, 1.54) is 11.1 Å². The van der Waals surface area contributed by atoms with Crippen molar-refractivity contribution in [1.29, 1.82) is 0 Å². The molecule has 3 nitrogen and oxygen atoms in total. The van der Waals surface area contributed by atoms with Gasteiger partial charge in [-0.2, -0.15) is 0 Å². The molecule has 0 atom stereocenters. The minimum atomic E-state index is 0.518. The van der Waals surface area contributed by atoms with Crippen LogP contribution >= 0.6 is 0 Å². The van der Waals surface area contributed by atoms with Crippen LogP contribution in [-0.4, -0.2) is 14.5 Å². The Kier molecular flexibility index (Phi) is 2.77. The van der Waals surface area contributed by atoms with E-state index in [4.69, 9.17) is 0 Å². The summed E-state index contributed by atoms with van der Waals surface area (Å²) >= 11 is 0. The molecular formula is C13H17N3. The smallest absolute Gasteiger partial charge is 0.140 e. The molecule has 0 saturated heterocycles. The van der Waals surface area contributed by atoms with Crippen LogP contribution in [0.4, 0.5) is 0 Å². The lowest BCUT2D eigenvalue weighted by molar-refractivity contribution is 0.847. The van der Waals surface area contributed by atoms with E-state index in [-0.39, 0.29) is 0 Å². The lowest BCUT2D eigenvalue weighted by atomic mass is 10.0. The summed E-state index contributed by atoms with van der Waals surface area (Å²) in [4.78, 5) is 8.72. The van der Waals surface area contributed by atoms with Gasteiger partial charge in [0.25, 0.3) is 0 Å². The number of hydrogen-bond acceptors (Lipinski definition) is 2. The predicted molar refractivity (Wildman–Crippen MR) is 64.9 cm³/mol. The summed E-state index contributed by atoms with van der Waals surface area (Å²) in [6, 6.07) is 2.20. The van der Waals surface area contributed by atoms with Gasteiger partial charge in [0.2, 0.25) is 0 Å². The van der Waals surface area contributed by atoms with Crippen LogP contribution in [0.15, 0.2) is 24.8 Å². The Morgan fingerprint density at radius 3 is 2.44 bits per heavy atom. The first-order valence-corrected chi connectivity index (χ1v) is 5.55. The third-order valence-corrected chi connectivity index (χ3v) is 2.69. The van der Waals surface area contributed by atoms with Crippen molar-refractivity contribution in [3.63, 3.8) is 0 Å². The van der Waals surface area contributed by atoms with Crippen molar-refractivity contribution >= 4 is 0 Å². The standard InChI is InChI=1S/C13H17N3/c1-9(2)12-5-10(3)13(14-6-12)16-7-11(4)15-8-16/h5-9H,1-4H3. The molecular weight excluding hydrogens is 198 g/mol. The van der Waals surface area contributed by atoms with E-state index in [2.05, 4.69) is 36.8 Å². The van der Waals surface area contributed by atoms with Crippen molar-refractivity contribution in [3.8, 4) is 5.82 Å². The van der Waals surface area contributed by atoms with Crippen molar-refractivity contribution in [2.24, 2.45) is 0 Å². The molecule has 0 spiro atoms. The van der Waals surface area contributed by atoms with Crippen LogP contribution in [0.25, 0.3) is 5.82 Å². The molecule has 16 heavy (non-hydrogen) atoms. The van der Waals surface area contributed by atoms with Gasteiger partial charge < -0.3 is 0 Å². The van der Waals surface area contributed by atoms with Gasteiger partial charge in [-0.25, -0.2) is 9.97 Å². The maximum atomic E-state index is 4.51. The van der Waals surface area contributed by atoms with Crippen LogP contribution in [0.5, 0.6) is 0 Å². The first-order chi connectivity index (χ1) is 7.58. The Morgan fingerprint density at radius 1 is 1.19 bits per heavy atom. The Hall–Kier alpha value is -1.64. The molecule has 0 radical (unpaired) electrons. The summed E-state index contributed by atoms with van der Waals surface area (Å²) in [6.45, 7) is 8.42. The normalized spacial score (nSPS) is 11.1. The second-order valence-electron chi connectivity index (χ2n) is 4.49. The molecule has 0 aromatic carbocycles. The molecule has 2 rings (SSSR count). The zero-order valence-corrected chi connectivity index (χ0v) is 10.2. The highest BCUT2D eigenvalue weighted by Crippen LogP contribution is 2.18. The lowest BCUT2D eigenvalue weighted by Gasteiger charge is -2.09. The second kappa shape index (κ2) is 4.08. The monoisotopic (exact) mass is 215 g/mol. The van der Waals surface area contributed by atoms with Crippen LogP contribution in [0.1, 0.15) is 36.6 Å². The topological polar surface area (TPSA) is 30.7 Å². The molecule has 0 aliphatic carbocycles. The number of rotatable bonds is 2. The SMILES string of the molecule is Cc1cn(-c2ncc(C(C)C)cc2C)cn1. The van der Waals surface area contributed by atoms with Crippen molar-refractivity contribution in [2.75, 3.05) is 0 Å². The van der Waals surface area contributed by atoms with Crippen LogP contribution in [0.2, 0.25) is 0 Å². The van der Waals surface area contributed by atoms with Gasteiger partial charge in [0.1, 0.15) is 12.1 Å². The Morgan fingerprint density at radius 2 is 1.94 bits per heavy atom. The summed E-state index contributed by atoms with van der Waals surface area (Å²) in [5, 5.41) is 0. The Bertz CT molecular complexity index is 498. The van der Waals surface area contributed by atoms with Crippen molar-refractivity contribution in [1.82, 2.24) is 14.5 Å². The molecule has 0 amide bonds. The molecule has 0 saturated carbocycles. The molecule has 0 aliphatic rings. The fourth-order valence-corrected chi connectivity index (χ4v) is 1.71. The second-order valence-corrected chi connectivity index (χ2v) is 4.49. The highest BCUT2D eigenvalue weighted by Gasteiger charge is 2.06. The first-order valence-electron chi connectivity index (χ1n) is 5.55. The zero-order valence-electron chi connectivity index (χ0n) is 10.2. The van der Waals surface area contributed by atoms with Gasteiger partial charge in [0.05, 0.1) is 5.69 Å². The first kappa shape index (κ1) is 10.9. The van der Waals surface area contributed by atoms with Gasteiger partial charge in [-0.05, 0) is 30.9 Å². The van der Waals surface area contributed by atoms with Crippen molar-refractivity contribution in [3.05, 3.63) is 41.6 Å². The van der Waals surface area contributed by atoms with Gasteiger partial charge in [-0.15, -0.1) is 0 Å². The van der Waals surface area contributed by atoms with Gasteiger partial charge in [-0.3, -0.25) is 4.57 Å². The summed E-state index contributed by atoms with van der Waals surface area (Å²) in [7, 11) is 0. The Balaban J connectivity index is 2.44. The molecule has 2 heterocycles. The van der Waals surface area contributed by atoms with Crippen molar-refractivity contribution in [2.45, 2.75) is 33.6 Å². The van der Waals surface area contributed by atoms with E-state index in [1.54, 1.807) is 6.33 Å². The van der Waals surface area contributed by atoms with E-state index in [1.807, 2.05) is 23.9 Å². The van der Waals surface area contributed by atoms with E-state index in [0.717, 1.165) is 11.5 Å². The average Bonchev–Trinajstić information content (AvgIpc) is 2.64. The number of aryl methyl sites for hydroxylation is 2. The lowest BCUT2D eigenvalue weighted by Crippen LogP contribution is -2.00. The summed E-state index contributed by atoms with van der Waals surface area (Å²) in [5.74, 6) is 1.48. The van der Waals surface area contributed by atoms with Gasteiger partial charge in [-0.1, -0.05) is 19.9 Å². The Labute approximate surface area is 96.2 Å². The fourth-order valence-electron chi connectivity index (χ4n) is 1.71. The summed E-state index contributed by atoms with van der Waals surface area (Å²) in [6.07, 6.45) is 5.74. The third-order valence-electron chi connectivity index (χ3n) is 2.69. The number of imidazole rings is 1. The van der Waals surface area contributed by atoms with Crippen LogP contribution in [0, 0.1) is 13.8 Å². The molecule has 2 aromatic rings. The zero-order chi connectivity index (χ0) is 11.7. The largest absolute Gasteiger partial charge is 0.290 e. The van der Waals surface area contributed by atoms with Crippen LogP contribution in [0.3, 0.4) is 0 Å². The maximum Gasteiger partial charge on any atom is 0.140 e. The molecule has 0 N–H and O–H groups in total. The highest BCUT2D eigenvalue weighted by atomic mass is 15.1. The minimum absolute atomic E-state index is 0.518. The van der Waals surface area contributed by atoms with Gasteiger partial charge in [0, 0.05) is 12.4 Å². The summed E-state index contributed by atoms with van der Waals surface area (Å²) in [5.41, 5.74) is 3.47. The highest BCUT2D eigenvalue weighted by molar-refractivity contribution is 5.36. The van der Waals surface area contributed by atoms with E-state index >= 15 is 0 Å². The van der Waals surface area contributed by atoms with E-state index < -0.39 is 0 Å². The predicted octanol–water partition coefficient (Wildman–Crippen LogP) is 3.01. The number of nitrogens with zero attached hydrogens (tertiary/aromatic N) is 3. The van der Waals surface area contributed by atoms with Gasteiger partial charge in [0.15, 0.2) is 0 Å². The molecule has 0 fully saturated rings. The number of pyridine rings is 1.